The standard InChI is InChI=1S/C21H16BrFN4O3/c1-25-17(28)11-16(24-15-9-8-12(22)10-14(15)23)18-19(25)27(13-6-4-3-5-7-13)21(30)26(2)20(18)29/h3-11,24H,1-2H3. The van der Waals surface area contributed by atoms with Crippen molar-refractivity contribution in [3.63, 3.8) is 0 Å². The van der Waals surface area contributed by atoms with Crippen LogP contribution in [0, 0.1) is 5.82 Å². The maximum absolute atomic E-state index is 14.4. The Morgan fingerprint density at radius 3 is 2.27 bits per heavy atom. The van der Waals surface area contributed by atoms with Crippen molar-refractivity contribution < 1.29 is 4.39 Å². The number of anilines is 2. The molecule has 0 spiro atoms. The van der Waals surface area contributed by atoms with E-state index in [1.807, 2.05) is 0 Å². The van der Waals surface area contributed by atoms with Gasteiger partial charge in [0.1, 0.15) is 16.9 Å². The Bertz CT molecular complexity index is 1470. The molecule has 7 nitrogen and oxygen atoms in total. The summed E-state index contributed by atoms with van der Waals surface area (Å²) in [7, 11) is 2.84. The first-order chi connectivity index (χ1) is 14.3. The lowest BCUT2D eigenvalue weighted by molar-refractivity contribution is 0.631. The molecule has 30 heavy (non-hydrogen) atoms. The Balaban J connectivity index is 2.13. The third-order valence-corrected chi connectivity index (χ3v) is 5.33. The highest BCUT2D eigenvalue weighted by Gasteiger charge is 2.20. The van der Waals surface area contributed by atoms with Crippen molar-refractivity contribution in [2.45, 2.75) is 0 Å². The van der Waals surface area contributed by atoms with Gasteiger partial charge < -0.3 is 5.32 Å². The van der Waals surface area contributed by atoms with E-state index in [1.165, 1.54) is 41.4 Å². The summed E-state index contributed by atoms with van der Waals surface area (Å²) in [5.74, 6) is -0.564. The molecule has 152 valence electrons. The predicted molar refractivity (Wildman–Crippen MR) is 117 cm³/mol. The van der Waals surface area contributed by atoms with Crippen molar-refractivity contribution in [1.82, 2.24) is 13.7 Å². The Kier molecular flexibility index (Phi) is 4.90. The number of rotatable bonds is 3. The second-order valence-electron chi connectivity index (χ2n) is 6.72. The van der Waals surface area contributed by atoms with Crippen LogP contribution in [0.15, 0.2) is 73.5 Å². The number of aryl methyl sites for hydroxylation is 1. The highest BCUT2D eigenvalue weighted by molar-refractivity contribution is 9.10. The van der Waals surface area contributed by atoms with Crippen molar-refractivity contribution >= 4 is 38.3 Å². The number of benzene rings is 2. The molecule has 0 radical (unpaired) electrons. The zero-order valence-electron chi connectivity index (χ0n) is 16.0. The van der Waals surface area contributed by atoms with E-state index < -0.39 is 22.6 Å². The summed E-state index contributed by atoms with van der Waals surface area (Å²) in [6.07, 6.45) is 0. The zero-order chi connectivity index (χ0) is 21.6. The number of nitrogens with one attached hydrogen (secondary N) is 1. The fraction of sp³-hybridized carbons (Fsp3) is 0.0952. The van der Waals surface area contributed by atoms with Crippen LogP contribution >= 0.6 is 15.9 Å². The molecule has 2 heterocycles. The molecule has 9 heteroatoms. The highest BCUT2D eigenvalue weighted by atomic mass is 79.9. The van der Waals surface area contributed by atoms with E-state index >= 15 is 0 Å². The molecule has 0 saturated heterocycles. The van der Waals surface area contributed by atoms with E-state index in [4.69, 9.17) is 0 Å². The molecule has 0 unspecified atom stereocenters. The average Bonchev–Trinajstić information content (AvgIpc) is 2.72. The molecule has 0 amide bonds. The number of halogens is 2. The van der Waals surface area contributed by atoms with Gasteiger partial charge in [0.15, 0.2) is 0 Å². The van der Waals surface area contributed by atoms with Crippen molar-refractivity contribution in [2.75, 3.05) is 5.32 Å². The molecule has 1 N–H and O–H groups in total. The lowest BCUT2D eigenvalue weighted by Crippen LogP contribution is -2.40. The van der Waals surface area contributed by atoms with Gasteiger partial charge in [0, 0.05) is 24.6 Å². The summed E-state index contributed by atoms with van der Waals surface area (Å²) >= 11 is 3.19. The Hall–Kier alpha value is -3.46. The minimum Gasteiger partial charge on any atom is -0.352 e. The second kappa shape index (κ2) is 7.42. The summed E-state index contributed by atoms with van der Waals surface area (Å²) < 4.78 is 18.4. The van der Waals surface area contributed by atoms with Gasteiger partial charge in [-0.1, -0.05) is 34.1 Å². The molecule has 2 aromatic heterocycles. The van der Waals surface area contributed by atoms with Crippen LogP contribution in [0.3, 0.4) is 0 Å². The maximum atomic E-state index is 14.4. The molecule has 0 fully saturated rings. The lowest BCUT2D eigenvalue weighted by Gasteiger charge is -2.17. The van der Waals surface area contributed by atoms with Crippen LogP contribution in [-0.2, 0) is 14.1 Å². The van der Waals surface area contributed by atoms with Gasteiger partial charge in [-0.3, -0.25) is 18.7 Å². The minimum atomic E-state index is -0.599. The fourth-order valence-electron chi connectivity index (χ4n) is 3.30. The molecular weight excluding hydrogens is 455 g/mol. The first-order valence-electron chi connectivity index (χ1n) is 8.93. The SMILES string of the molecule is Cn1c(=O)c2c(Nc3ccc(Br)cc3F)cc(=O)n(C)c2n(-c2ccccc2)c1=O. The van der Waals surface area contributed by atoms with E-state index in [1.54, 1.807) is 36.4 Å². The largest absolute Gasteiger partial charge is 0.352 e. The summed E-state index contributed by atoms with van der Waals surface area (Å²) in [5, 5.41) is 2.93. The van der Waals surface area contributed by atoms with Gasteiger partial charge in [-0.15, -0.1) is 0 Å². The number of nitrogens with zero attached hydrogens (tertiary/aromatic N) is 3. The number of pyridine rings is 1. The van der Waals surface area contributed by atoms with E-state index in [-0.39, 0.29) is 22.4 Å². The van der Waals surface area contributed by atoms with Crippen molar-refractivity contribution in [2.24, 2.45) is 14.1 Å². The molecule has 0 aliphatic rings. The summed E-state index contributed by atoms with van der Waals surface area (Å²) in [4.78, 5) is 38.7. The smallest absolute Gasteiger partial charge is 0.336 e. The van der Waals surface area contributed by atoms with Crippen LogP contribution < -0.4 is 22.1 Å². The third-order valence-electron chi connectivity index (χ3n) is 4.83. The molecule has 0 bridgehead atoms. The number of para-hydroxylation sites is 1. The van der Waals surface area contributed by atoms with Crippen LogP contribution in [-0.4, -0.2) is 13.7 Å². The van der Waals surface area contributed by atoms with E-state index in [0.717, 1.165) is 4.57 Å². The van der Waals surface area contributed by atoms with Gasteiger partial charge >= 0.3 is 5.69 Å². The summed E-state index contributed by atoms with van der Waals surface area (Å²) in [5.41, 5.74) is -0.850. The molecule has 4 aromatic rings. The minimum absolute atomic E-state index is 0.0883. The Morgan fingerprint density at radius 2 is 1.60 bits per heavy atom. The summed E-state index contributed by atoms with van der Waals surface area (Å²) in [6.45, 7) is 0. The van der Waals surface area contributed by atoms with Crippen molar-refractivity contribution in [1.29, 1.82) is 0 Å². The predicted octanol–water partition coefficient (Wildman–Crippen LogP) is 3.03. The number of fused-ring (bicyclic) bond motifs is 1. The van der Waals surface area contributed by atoms with Gasteiger partial charge in [0.2, 0.25) is 0 Å². The van der Waals surface area contributed by atoms with Gasteiger partial charge in [-0.25, -0.2) is 13.8 Å². The highest BCUT2D eigenvalue weighted by Crippen LogP contribution is 2.26. The monoisotopic (exact) mass is 470 g/mol. The van der Waals surface area contributed by atoms with Crippen molar-refractivity contribution in [3.05, 3.63) is 96.1 Å². The quantitative estimate of drug-likeness (QED) is 0.499. The number of hydrogen-bond acceptors (Lipinski definition) is 4. The molecule has 0 aliphatic carbocycles. The molecule has 4 rings (SSSR count). The van der Waals surface area contributed by atoms with Gasteiger partial charge in [0.25, 0.3) is 11.1 Å². The van der Waals surface area contributed by atoms with E-state index in [2.05, 4.69) is 21.2 Å². The lowest BCUT2D eigenvalue weighted by atomic mass is 10.2. The second-order valence-corrected chi connectivity index (χ2v) is 7.64. The van der Waals surface area contributed by atoms with Gasteiger partial charge in [-0.05, 0) is 30.3 Å². The van der Waals surface area contributed by atoms with E-state index in [0.29, 0.717) is 10.2 Å². The molecule has 0 aliphatic heterocycles. The summed E-state index contributed by atoms with van der Waals surface area (Å²) in [6, 6.07) is 14.3. The first kappa shape index (κ1) is 19.8. The Labute approximate surface area is 177 Å². The van der Waals surface area contributed by atoms with Crippen LogP contribution in [0.2, 0.25) is 0 Å². The number of hydrogen-bond donors (Lipinski definition) is 1. The van der Waals surface area contributed by atoms with Crippen LogP contribution in [0.25, 0.3) is 16.7 Å². The average molecular weight is 471 g/mol. The van der Waals surface area contributed by atoms with Crippen LogP contribution in [0.4, 0.5) is 15.8 Å². The molecule has 0 saturated carbocycles. The molecule has 2 aromatic carbocycles. The van der Waals surface area contributed by atoms with E-state index in [9.17, 15) is 18.8 Å². The van der Waals surface area contributed by atoms with Crippen LogP contribution in [0.1, 0.15) is 0 Å². The van der Waals surface area contributed by atoms with Gasteiger partial charge in [-0.2, -0.15) is 0 Å². The third kappa shape index (κ3) is 3.17. The van der Waals surface area contributed by atoms with Crippen molar-refractivity contribution in [3.8, 4) is 5.69 Å². The zero-order valence-corrected chi connectivity index (χ0v) is 17.6. The topological polar surface area (TPSA) is 78.0 Å². The number of aromatic nitrogens is 3. The first-order valence-corrected chi connectivity index (χ1v) is 9.72. The molecular formula is C21H16BrFN4O3. The van der Waals surface area contributed by atoms with Crippen LogP contribution in [0.5, 0.6) is 0 Å². The maximum Gasteiger partial charge on any atom is 0.336 e. The fourth-order valence-corrected chi connectivity index (χ4v) is 3.63. The normalized spacial score (nSPS) is 11.1. The molecule has 0 atom stereocenters. The van der Waals surface area contributed by atoms with Gasteiger partial charge in [0.05, 0.1) is 17.1 Å². The Morgan fingerprint density at radius 1 is 0.900 bits per heavy atom.